The Bertz CT molecular complexity index is 629. The number of rotatable bonds is 6. The zero-order chi connectivity index (χ0) is 16.2. The highest BCUT2D eigenvalue weighted by Gasteiger charge is 2.20. The molecule has 0 unspecified atom stereocenters. The summed E-state index contributed by atoms with van der Waals surface area (Å²) in [7, 11) is 1.37. The van der Waals surface area contributed by atoms with Gasteiger partial charge in [-0.2, -0.15) is 0 Å². The van der Waals surface area contributed by atoms with Crippen LogP contribution in [0.1, 0.15) is 29.8 Å². The molecule has 0 atom stereocenters. The molecule has 0 fully saturated rings. The SMILES string of the molecule is Cc1c(C(=O)NCCOC(C)C)cc(Cl)cc1S(=O)(=O)Cl. The van der Waals surface area contributed by atoms with E-state index in [-0.39, 0.29) is 27.1 Å². The van der Waals surface area contributed by atoms with Crippen LogP contribution in [-0.4, -0.2) is 33.6 Å². The summed E-state index contributed by atoms with van der Waals surface area (Å²) >= 11 is 5.85. The molecule has 1 aromatic carbocycles. The highest BCUT2D eigenvalue weighted by Crippen LogP contribution is 2.26. The first kappa shape index (κ1) is 18.2. The maximum absolute atomic E-state index is 12.1. The molecule has 0 bridgehead atoms. The van der Waals surface area contributed by atoms with E-state index >= 15 is 0 Å². The van der Waals surface area contributed by atoms with Gasteiger partial charge >= 0.3 is 0 Å². The van der Waals surface area contributed by atoms with E-state index in [1.54, 1.807) is 0 Å². The Kier molecular flexibility index (Phi) is 6.46. The molecule has 21 heavy (non-hydrogen) atoms. The molecule has 118 valence electrons. The molecule has 1 aromatic rings. The lowest BCUT2D eigenvalue weighted by molar-refractivity contribution is 0.0746. The molecule has 0 radical (unpaired) electrons. The highest BCUT2D eigenvalue weighted by atomic mass is 35.7. The number of amides is 1. The average molecular weight is 354 g/mol. The fourth-order valence-corrected chi connectivity index (χ4v) is 3.20. The van der Waals surface area contributed by atoms with Crippen molar-refractivity contribution in [1.29, 1.82) is 0 Å². The third-order valence-electron chi connectivity index (χ3n) is 2.67. The van der Waals surface area contributed by atoms with Gasteiger partial charge < -0.3 is 10.1 Å². The van der Waals surface area contributed by atoms with Crippen LogP contribution in [0.2, 0.25) is 5.02 Å². The number of carbonyl (C=O) groups excluding carboxylic acids is 1. The van der Waals surface area contributed by atoms with Gasteiger partial charge in [0.05, 0.1) is 17.6 Å². The van der Waals surface area contributed by atoms with Crippen molar-refractivity contribution in [2.75, 3.05) is 13.2 Å². The molecule has 0 spiro atoms. The molecule has 0 saturated carbocycles. The molecular formula is C13H17Cl2NO4S. The lowest BCUT2D eigenvalue weighted by atomic mass is 10.1. The first-order chi connectivity index (χ1) is 9.62. The first-order valence-corrected chi connectivity index (χ1v) is 8.96. The standard InChI is InChI=1S/C13H17Cl2NO4S/c1-8(2)20-5-4-16-13(17)11-6-10(14)7-12(9(11)3)21(15,18)19/h6-8H,4-5H2,1-3H3,(H,16,17). The number of halogens is 2. The number of carbonyl (C=O) groups is 1. The smallest absolute Gasteiger partial charge is 0.261 e. The summed E-state index contributed by atoms with van der Waals surface area (Å²) in [6, 6.07) is 2.62. The molecule has 0 saturated heterocycles. The third-order valence-corrected chi connectivity index (χ3v) is 4.34. The fraction of sp³-hybridized carbons (Fsp3) is 0.462. The summed E-state index contributed by atoms with van der Waals surface area (Å²) in [5.41, 5.74) is 0.433. The van der Waals surface area contributed by atoms with E-state index in [2.05, 4.69) is 5.32 Å². The van der Waals surface area contributed by atoms with Crippen LogP contribution in [0.15, 0.2) is 17.0 Å². The van der Waals surface area contributed by atoms with Gasteiger partial charge in [-0.05, 0) is 38.5 Å². The van der Waals surface area contributed by atoms with Crippen molar-refractivity contribution in [1.82, 2.24) is 5.32 Å². The van der Waals surface area contributed by atoms with Gasteiger partial charge in [-0.15, -0.1) is 0 Å². The number of hydrogen-bond acceptors (Lipinski definition) is 4. The van der Waals surface area contributed by atoms with Crippen LogP contribution in [0.5, 0.6) is 0 Å². The quantitative estimate of drug-likeness (QED) is 0.630. The van der Waals surface area contributed by atoms with Gasteiger partial charge in [0.15, 0.2) is 0 Å². The van der Waals surface area contributed by atoms with Gasteiger partial charge in [-0.3, -0.25) is 4.79 Å². The summed E-state index contributed by atoms with van der Waals surface area (Å²) in [6.07, 6.45) is 0.0720. The molecule has 0 aliphatic carbocycles. The largest absolute Gasteiger partial charge is 0.377 e. The van der Waals surface area contributed by atoms with Crippen LogP contribution in [0.4, 0.5) is 0 Å². The lowest BCUT2D eigenvalue weighted by Crippen LogP contribution is -2.28. The van der Waals surface area contributed by atoms with Crippen LogP contribution in [0, 0.1) is 6.92 Å². The zero-order valence-corrected chi connectivity index (χ0v) is 14.3. The van der Waals surface area contributed by atoms with Crippen LogP contribution in [0.3, 0.4) is 0 Å². The molecule has 0 heterocycles. The maximum atomic E-state index is 12.1. The topological polar surface area (TPSA) is 72.5 Å². The van der Waals surface area contributed by atoms with Crippen LogP contribution in [0.25, 0.3) is 0 Å². The summed E-state index contributed by atoms with van der Waals surface area (Å²) in [6.45, 7) is 5.96. The van der Waals surface area contributed by atoms with E-state index in [4.69, 9.17) is 27.0 Å². The monoisotopic (exact) mass is 353 g/mol. The van der Waals surface area contributed by atoms with E-state index in [9.17, 15) is 13.2 Å². The number of nitrogens with one attached hydrogen (secondary N) is 1. The van der Waals surface area contributed by atoms with Gasteiger partial charge in [0.25, 0.3) is 15.0 Å². The number of ether oxygens (including phenoxy) is 1. The Morgan fingerprint density at radius 2 is 2.00 bits per heavy atom. The first-order valence-electron chi connectivity index (χ1n) is 6.27. The molecule has 8 heteroatoms. The predicted molar refractivity (Wildman–Crippen MR) is 82.6 cm³/mol. The minimum absolute atomic E-state index is 0.0720. The van der Waals surface area contributed by atoms with Gasteiger partial charge in [-0.1, -0.05) is 11.6 Å². The molecule has 1 rings (SSSR count). The van der Waals surface area contributed by atoms with Crippen molar-refractivity contribution in [2.24, 2.45) is 0 Å². The molecule has 0 aliphatic rings. The number of hydrogen-bond donors (Lipinski definition) is 1. The average Bonchev–Trinajstić information content (AvgIpc) is 2.35. The lowest BCUT2D eigenvalue weighted by Gasteiger charge is -2.12. The van der Waals surface area contributed by atoms with Crippen molar-refractivity contribution in [3.63, 3.8) is 0 Å². The second-order valence-corrected chi connectivity index (χ2v) is 7.66. The normalized spacial score (nSPS) is 11.7. The van der Waals surface area contributed by atoms with Crippen LogP contribution in [-0.2, 0) is 13.8 Å². The summed E-state index contributed by atoms with van der Waals surface area (Å²) in [5, 5.41) is 2.77. The molecule has 1 N–H and O–H groups in total. The van der Waals surface area contributed by atoms with E-state index in [0.29, 0.717) is 13.2 Å². The number of benzene rings is 1. The second kappa shape index (κ2) is 7.45. The van der Waals surface area contributed by atoms with Gasteiger partial charge in [0.2, 0.25) is 0 Å². The molecular weight excluding hydrogens is 337 g/mol. The Morgan fingerprint density at radius 1 is 1.38 bits per heavy atom. The Labute approximate surface area is 134 Å². The zero-order valence-electron chi connectivity index (χ0n) is 11.9. The van der Waals surface area contributed by atoms with E-state index in [0.717, 1.165) is 0 Å². The minimum Gasteiger partial charge on any atom is -0.377 e. The van der Waals surface area contributed by atoms with Gasteiger partial charge in [0.1, 0.15) is 0 Å². The van der Waals surface area contributed by atoms with Crippen molar-refractivity contribution < 1.29 is 17.9 Å². The van der Waals surface area contributed by atoms with Gasteiger partial charge in [-0.25, -0.2) is 8.42 Å². The van der Waals surface area contributed by atoms with Crippen molar-refractivity contribution in [3.05, 3.63) is 28.3 Å². The molecule has 1 amide bonds. The Hall–Kier alpha value is -0.820. The Morgan fingerprint density at radius 3 is 2.52 bits per heavy atom. The van der Waals surface area contributed by atoms with Gasteiger partial charge in [0, 0.05) is 27.8 Å². The maximum Gasteiger partial charge on any atom is 0.261 e. The Balaban J connectivity index is 2.93. The molecule has 0 aromatic heterocycles. The minimum atomic E-state index is -3.97. The molecule has 0 aliphatic heterocycles. The highest BCUT2D eigenvalue weighted by molar-refractivity contribution is 8.13. The second-order valence-electron chi connectivity index (χ2n) is 4.69. The fourth-order valence-electron chi connectivity index (χ4n) is 1.70. The molecule has 5 nitrogen and oxygen atoms in total. The van der Waals surface area contributed by atoms with E-state index < -0.39 is 15.0 Å². The van der Waals surface area contributed by atoms with E-state index in [1.807, 2.05) is 13.8 Å². The third kappa shape index (κ3) is 5.47. The summed E-state index contributed by atoms with van der Waals surface area (Å²) < 4.78 is 28.2. The van der Waals surface area contributed by atoms with E-state index in [1.165, 1.54) is 19.1 Å². The van der Waals surface area contributed by atoms with Crippen molar-refractivity contribution in [2.45, 2.75) is 31.8 Å². The van der Waals surface area contributed by atoms with Crippen LogP contribution < -0.4 is 5.32 Å². The van der Waals surface area contributed by atoms with Crippen LogP contribution >= 0.6 is 22.3 Å². The summed E-state index contributed by atoms with van der Waals surface area (Å²) in [4.78, 5) is 11.9. The van der Waals surface area contributed by atoms with Crippen molar-refractivity contribution in [3.8, 4) is 0 Å². The summed E-state index contributed by atoms with van der Waals surface area (Å²) in [5.74, 6) is -0.427. The van der Waals surface area contributed by atoms with Crippen molar-refractivity contribution >= 4 is 37.2 Å². The predicted octanol–water partition coefficient (Wildman–Crippen LogP) is 2.73.